The van der Waals surface area contributed by atoms with Crippen molar-refractivity contribution in [1.29, 1.82) is 0 Å². The van der Waals surface area contributed by atoms with Crippen LogP contribution in [0.15, 0.2) is 41.5 Å². The molecule has 1 aliphatic carbocycles. The molecule has 2 N–H and O–H groups in total. The molecule has 2 saturated heterocycles. The summed E-state index contributed by atoms with van der Waals surface area (Å²) >= 11 is 0. The molecule has 3 fully saturated rings. The van der Waals surface area contributed by atoms with Gasteiger partial charge in [0.15, 0.2) is 28.9 Å². The maximum Gasteiger partial charge on any atom is 0.282 e. The molecule has 1 unspecified atom stereocenters. The highest BCUT2D eigenvalue weighted by Gasteiger charge is 2.51. The highest BCUT2D eigenvalue weighted by atomic mass is 19.2. The van der Waals surface area contributed by atoms with Gasteiger partial charge in [-0.3, -0.25) is 19.3 Å². The van der Waals surface area contributed by atoms with Crippen LogP contribution in [0.5, 0.6) is 5.75 Å². The molecule has 0 radical (unpaired) electrons. The second-order valence-electron chi connectivity index (χ2n) is 15.4. The number of aromatic hydroxyl groups is 1. The quantitative estimate of drug-likeness (QED) is 0.229. The standard InChI is InChI=1S/C40H40F3N9O6/c1-21-35(54)33(45-20-44-21)38(56)50-11-9-40(10-12-50)30-34(22(2)58-40)51(19-29(53)46-28-8-6-24(17-27(28)41)23-3-4-23)39-47-36(48-52(39)37(30)55)26-7-5-25(31(42)32(26)43)18-49-13-15-57-16-14-49/h5-8,17,20,22-23,54H,3-4,9-16,18-19H2,1-2H3,(H,46,53). The Morgan fingerprint density at radius 3 is 2.50 bits per heavy atom. The smallest absolute Gasteiger partial charge is 0.282 e. The molecule has 18 heteroatoms. The number of rotatable bonds is 8. The number of piperidine rings is 1. The van der Waals surface area contributed by atoms with E-state index in [2.05, 4.69) is 25.4 Å². The molecule has 1 saturated carbocycles. The summed E-state index contributed by atoms with van der Waals surface area (Å²) in [5.74, 6) is -4.44. The molecule has 3 aromatic heterocycles. The molecule has 6 heterocycles. The zero-order chi connectivity index (χ0) is 40.5. The fourth-order valence-electron chi connectivity index (χ4n) is 8.38. The zero-order valence-electron chi connectivity index (χ0n) is 31.8. The number of aryl methyl sites for hydroxylation is 1. The minimum atomic E-state index is -1.24. The lowest BCUT2D eigenvalue weighted by Crippen LogP contribution is -2.47. The second-order valence-corrected chi connectivity index (χ2v) is 15.4. The van der Waals surface area contributed by atoms with Crippen molar-refractivity contribution in [3.63, 3.8) is 0 Å². The first-order valence-corrected chi connectivity index (χ1v) is 19.3. The Kier molecular flexibility index (Phi) is 9.51. The number of morpholine rings is 1. The molecule has 1 atom stereocenters. The highest BCUT2D eigenvalue weighted by Crippen LogP contribution is 2.48. The number of hydrogen-bond donors (Lipinski definition) is 2. The predicted octanol–water partition coefficient (Wildman–Crippen LogP) is 4.35. The number of likely N-dealkylation sites (tertiary alicyclic amines) is 1. The van der Waals surface area contributed by atoms with E-state index in [1.165, 1.54) is 40.1 Å². The van der Waals surface area contributed by atoms with Crippen molar-refractivity contribution in [2.24, 2.45) is 0 Å². The van der Waals surface area contributed by atoms with Gasteiger partial charge in [-0.2, -0.15) is 9.50 Å². The summed E-state index contributed by atoms with van der Waals surface area (Å²) in [5, 5.41) is 17.5. The lowest BCUT2D eigenvalue weighted by molar-refractivity contribution is -0.116. The summed E-state index contributed by atoms with van der Waals surface area (Å²) in [7, 11) is 0. The summed E-state index contributed by atoms with van der Waals surface area (Å²) in [4.78, 5) is 57.7. The molecular weight excluding hydrogens is 759 g/mol. The lowest BCUT2D eigenvalue weighted by atomic mass is 9.85. The molecule has 4 aliphatic rings. The highest BCUT2D eigenvalue weighted by molar-refractivity contribution is 5.95. The number of nitrogens with zero attached hydrogens (tertiary/aromatic N) is 8. The fraction of sp³-hybridized carbons (Fsp3) is 0.425. The maximum absolute atomic E-state index is 15.9. The minimum absolute atomic E-state index is 0.0253. The van der Waals surface area contributed by atoms with E-state index < -0.39 is 53.1 Å². The van der Waals surface area contributed by atoms with Crippen LogP contribution in [-0.2, 0) is 33.0 Å². The summed E-state index contributed by atoms with van der Waals surface area (Å²) in [6, 6.07) is 7.53. The Hall–Kier alpha value is -5.72. The third kappa shape index (κ3) is 6.57. The van der Waals surface area contributed by atoms with Crippen LogP contribution >= 0.6 is 0 Å². The van der Waals surface area contributed by atoms with E-state index in [-0.39, 0.29) is 83.6 Å². The van der Waals surface area contributed by atoms with E-state index in [0.717, 1.165) is 22.9 Å². The largest absolute Gasteiger partial charge is 0.504 e. The number of amides is 2. The van der Waals surface area contributed by atoms with Crippen LogP contribution in [0.4, 0.5) is 18.9 Å². The topological polar surface area (TPSA) is 169 Å². The Morgan fingerprint density at radius 1 is 1.02 bits per heavy atom. The van der Waals surface area contributed by atoms with Crippen molar-refractivity contribution in [3.8, 4) is 17.1 Å². The first kappa shape index (κ1) is 37.8. The molecular formula is C40H40F3N9O6. The molecule has 0 bridgehead atoms. The number of benzene rings is 2. The van der Waals surface area contributed by atoms with Crippen LogP contribution in [0.1, 0.15) is 83.2 Å². The summed E-state index contributed by atoms with van der Waals surface area (Å²) in [6.45, 7) is 5.33. The van der Waals surface area contributed by atoms with Crippen molar-refractivity contribution >= 4 is 23.3 Å². The molecule has 15 nitrogen and oxygen atoms in total. The average Bonchev–Trinajstić information content (AvgIpc) is 3.90. The van der Waals surface area contributed by atoms with Gasteiger partial charge in [0, 0.05) is 38.3 Å². The summed E-state index contributed by atoms with van der Waals surface area (Å²) < 4.78 is 61.0. The monoisotopic (exact) mass is 799 g/mol. The third-order valence-electron chi connectivity index (χ3n) is 11.6. The van der Waals surface area contributed by atoms with Gasteiger partial charge in [-0.1, -0.05) is 12.1 Å². The van der Waals surface area contributed by atoms with Gasteiger partial charge < -0.3 is 29.4 Å². The van der Waals surface area contributed by atoms with E-state index in [1.807, 2.05) is 4.90 Å². The molecule has 302 valence electrons. The van der Waals surface area contributed by atoms with E-state index in [4.69, 9.17) is 9.47 Å². The van der Waals surface area contributed by atoms with E-state index in [1.54, 1.807) is 19.9 Å². The number of aromatic nitrogens is 6. The van der Waals surface area contributed by atoms with Crippen molar-refractivity contribution in [3.05, 3.63) is 98.2 Å². The van der Waals surface area contributed by atoms with Crippen molar-refractivity contribution in [1.82, 2.24) is 38.9 Å². The average molecular weight is 800 g/mol. The number of carbonyl (C=O) groups is 2. The molecule has 3 aliphatic heterocycles. The van der Waals surface area contributed by atoms with E-state index in [0.29, 0.717) is 37.9 Å². The Bertz CT molecular complexity index is 2540. The van der Waals surface area contributed by atoms with Gasteiger partial charge in [-0.15, -0.1) is 5.10 Å². The first-order chi connectivity index (χ1) is 27.9. The van der Waals surface area contributed by atoms with Crippen LogP contribution in [0, 0.1) is 24.4 Å². The third-order valence-corrected chi connectivity index (χ3v) is 11.6. The lowest BCUT2D eigenvalue weighted by Gasteiger charge is -2.39. The Labute approximate surface area is 329 Å². The Morgan fingerprint density at radius 2 is 1.78 bits per heavy atom. The number of nitrogens with one attached hydrogen (secondary N) is 1. The molecule has 9 rings (SSSR count). The molecule has 5 aromatic rings. The van der Waals surface area contributed by atoms with Gasteiger partial charge in [0.05, 0.1) is 47.5 Å². The molecule has 2 aromatic carbocycles. The van der Waals surface area contributed by atoms with E-state index in [9.17, 15) is 19.5 Å². The van der Waals surface area contributed by atoms with Crippen molar-refractivity contribution in [2.45, 2.75) is 70.2 Å². The molecule has 58 heavy (non-hydrogen) atoms. The number of anilines is 1. The van der Waals surface area contributed by atoms with Crippen LogP contribution in [0.25, 0.3) is 17.2 Å². The summed E-state index contributed by atoms with van der Waals surface area (Å²) in [5.41, 5.74) is -0.597. The second kappa shape index (κ2) is 14.6. The van der Waals surface area contributed by atoms with Gasteiger partial charge in [0.25, 0.3) is 11.5 Å². The van der Waals surface area contributed by atoms with Gasteiger partial charge in [-0.05, 0) is 69.2 Å². The first-order valence-electron chi connectivity index (χ1n) is 19.3. The van der Waals surface area contributed by atoms with Gasteiger partial charge >= 0.3 is 0 Å². The van der Waals surface area contributed by atoms with Gasteiger partial charge in [0.2, 0.25) is 11.7 Å². The molecule has 2 amide bonds. The number of hydrogen-bond acceptors (Lipinski definition) is 11. The number of ether oxygens (including phenoxy) is 2. The van der Waals surface area contributed by atoms with Gasteiger partial charge in [0.1, 0.15) is 24.3 Å². The van der Waals surface area contributed by atoms with Gasteiger partial charge in [-0.25, -0.2) is 23.1 Å². The maximum atomic E-state index is 15.9. The Balaban J connectivity index is 1.09. The van der Waals surface area contributed by atoms with Crippen LogP contribution in [-0.4, -0.2) is 95.2 Å². The zero-order valence-corrected chi connectivity index (χ0v) is 31.8. The van der Waals surface area contributed by atoms with Crippen molar-refractivity contribution < 1.29 is 37.3 Å². The molecule has 1 spiro atoms. The normalized spacial score (nSPS) is 19.2. The number of fused-ring (bicyclic) bond motifs is 3. The van der Waals surface area contributed by atoms with Crippen LogP contribution < -0.4 is 10.9 Å². The van der Waals surface area contributed by atoms with Crippen LogP contribution in [0.3, 0.4) is 0 Å². The number of carbonyl (C=O) groups excluding carboxylic acids is 2. The summed E-state index contributed by atoms with van der Waals surface area (Å²) in [6.07, 6.45) is 2.68. The van der Waals surface area contributed by atoms with Crippen LogP contribution in [0.2, 0.25) is 0 Å². The van der Waals surface area contributed by atoms with E-state index >= 15 is 13.2 Å². The minimum Gasteiger partial charge on any atom is -0.504 e. The fourth-order valence-corrected chi connectivity index (χ4v) is 8.38. The SMILES string of the molecule is Cc1ncnc(C(=O)N2CCC3(CC2)OC(C)c2c3c(=O)n3nc(-c4ccc(CN5CCOCC5)c(F)c4F)nc3n2CC(=O)Nc2ccc(C3CC3)cc2F)c1O. The van der Waals surface area contributed by atoms with Crippen molar-refractivity contribution in [2.75, 3.05) is 44.7 Å². The predicted molar refractivity (Wildman–Crippen MR) is 200 cm³/mol. The number of halogens is 3.